The zero-order chi connectivity index (χ0) is 22.0. The SMILES string of the molecule is Cc1cccc(OCCCCC(=O)NCC(O)COc2ccc(C(F)(F)F)cc2)c1. The number of benzene rings is 2. The average molecular weight is 425 g/mol. The number of hydrogen-bond acceptors (Lipinski definition) is 4. The fraction of sp³-hybridized carbons (Fsp3) is 0.409. The second-order valence-electron chi connectivity index (χ2n) is 6.91. The number of aryl methyl sites for hydroxylation is 1. The molecule has 8 heteroatoms. The van der Waals surface area contributed by atoms with Crippen molar-refractivity contribution in [2.45, 2.75) is 38.5 Å². The van der Waals surface area contributed by atoms with Crippen molar-refractivity contribution >= 4 is 5.91 Å². The highest BCUT2D eigenvalue weighted by molar-refractivity contribution is 5.75. The normalized spacial score (nSPS) is 12.3. The van der Waals surface area contributed by atoms with E-state index in [2.05, 4.69) is 5.32 Å². The zero-order valence-electron chi connectivity index (χ0n) is 16.7. The Morgan fingerprint density at radius 3 is 2.47 bits per heavy atom. The summed E-state index contributed by atoms with van der Waals surface area (Å²) < 4.78 is 48.4. The predicted octanol–water partition coefficient (Wildman–Crippen LogP) is 4.12. The molecule has 0 fully saturated rings. The van der Waals surface area contributed by atoms with Crippen molar-refractivity contribution in [2.24, 2.45) is 0 Å². The monoisotopic (exact) mass is 425 g/mol. The molecule has 2 aromatic carbocycles. The molecular formula is C22H26F3NO4. The molecule has 0 aliphatic carbocycles. The zero-order valence-corrected chi connectivity index (χ0v) is 16.7. The third-order valence-corrected chi connectivity index (χ3v) is 4.22. The van der Waals surface area contributed by atoms with E-state index in [1.807, 2.05) is 31.2 Å². The van der Waals surface area contributed by atoms with Crippen molar-refractivity contribution in [3.05, 3.63) is 59.7 Å². The van der Waals surface area contributed by atoms with E-state index in [1.165, 1.54) is 12.1 Å². The van der Waals surface area contributed by atoms with Gasteiger partial charge in [0.1, 0.15) is 24.2 Å². The first-order chi connectivity index (χ1) is 14.2. The van der Waals surface area contributed by atoms with Gasteiger partial charge in [-0.05, 0) is 61.7 Å². The maximum Gasteiger partial charge on any atom is 0.416 e. The molecule has 164 valence electrons. The fourth-order valence-electron chi connectivity index (χ4n) is 2.59. The molecule has 30 heavy (non-hydrogen) atoms. The van der Waals surface area contributed by atoms with Gasteiger partial charge in [-0.25, -0.2) is 0 Å². The van der Waals surface area contributed by atoms with Crippen LogP contribution in [0.15, 0.2) is 48.5 Å². The van der Waals surface area contributed by atoms with Crippen LogP contribution in [-0.2, 0) is 11.0 Å². The van der Waals surface area contributed by atoms with Gasteiger partial charge in [-0.15, -0.1) is 0 Å². The second-order valence-corrected chi connectivity index (χ2v) is 6.91. The van der Waals surface area contributed by atoms with Crippen molar-refractivity contribution in [1.82, 2.24) is 5.32 Å². The first kappa shape index (κ1) is 23.5. The van der Waals surface area contributed by atoms with Crippen LogP contribution in [0.5, 0.6) is 11.5 Å². The van der Waals surface area contributed by atoms with Gasteiger partial charge in [0.25, 0.3) is 0 Å². The lowest BCUT2D eigenvalue weighted by Crippen LogP contribution is -2.35. The molecule has 5 nitrogen and oxygen atoms in total. The van der Waals surface area contributed by atoms with Crippen LogP contribution in [0.3, 0.4) is 0 Å². The Balaban J connectivity index is 1.55. The predicted molar refractivity (Wildman–Crippen MR) is 106 cm³/mol. The van der Waals surface area contributed by atoms with Crippen molar-refractivity contribution in [3.8, 4) is 11.5 Å². The molecule has 0 saturated carbocycles. The maximum atomic E-state index is 12.5. The van der Waals surface area contributed by atoms with E-state index in [0.717, 1.165) is 29.9 Å². The number of nitrogens with one attached hydrogen (secondary N) is 1. The summed E-state index contributed by atoms with van der Waals surface area (Å²) in [6.45, 7) is 2.36. The molecular weight excluding hydrogens is 399 g/mol. The van der Waals surface area contributed by atoms with Crippen LogP contribution in [0, 0.1) is 6.92 Å². The Bertz CT molecular complexity index is 794. The van der Waals surface area contributed by atoms with E-state index >= 15 is 0 Å². The number of ether oxygens (including phenoxy) is 2. The lowest BCUT2D eigenvalue weighted by molar-refractivity contribution is -0.137. The third-order valence-electron chi connectivity index (χ3n) is 4.22. The Labute approximate surface area is 173 Å². The number of carbonyl (C=O) groups excluding carboxylic acids is 1. The summed E-state index contributed by atoms with van der Waals surface area (Å²) >= 11 is 0. The summed E-state index contributed by atoms with van der Waals surface area (Å²) in [5, 5.41) is 12.5. The molecule has 2 rings (SSSR count). The number of aliphatic hydroxyl groups is 1. The quantitative estimate of drug-likeness (QED) is 0.532. The Morgan fingerprint density at radius 2 is 1.80 bits per heavy atom. The van der Waals surface area contributed by atoms with Crippen LogP contribution in [0.25, 0.3) is 0 Å². The molecule has 1 unspecified atom stereocenters. The number of alkyl halides is 3. The van der Waals surface area contributed by atoms with Gasteiger partial charge in [0.15, 0.2) is 0 Å². The molecule has 0 aliphatic rings. The Morgan fingerprint density at radius 1 is 1.07 bits per heavy atom. The molecule has 2 N–H and O–H groups in total. The van der Waals surface area contributed by atoms with Crippen LogP contribution in [0.2, 0.25) is 0 Å². The molecule has 0 aromatic heterocycles. The van der Waals surface area contributed by atoms with Gasteiger partial charge >= 0.3 is 6.18 Å². The van der Waals surface area contributed by atoms with Gasteiger partial charge in [-0.2, -0.15) is 13.2 Å². The molecule has 1 atom stereocenters. The van der Waals surface area contributed by atoms with E-state index in [-0.39, 0.29) is 24.8 Å². The number of carbonyl (C=O) groups is 1. The summed E-state index contributed by atoms with van der Waals surface area (Å²) in [4.78, 5) is 11.8. The molecule has 0 bridgehead atoms. The van der Waals surface area contributed by atoms with Crippen molar-refractivity contribution in [1.29, 1.82) is 0 Å². The summed E-state index contributed by atoms with van der Waals surface area (Å²) in [6.07, 6.45) is -3.70. The molecule has 0 spiro atoms. The second kappa shape index (κ2) is 11.4. The number of amides is 1. The lowest BCUT2D eigenvalue weighted by Gasteiger charge is -2.14. The largest absolute Gasteiger partial charge is 0.494 e. The lowest BCUT2D eigenvalue weighted by atomic mass is 10.2. The van der Waals surface area contributed by atoms with Crippen LogP contribution in [0.4, 0.5) is 13.2 Å². The Hall–Kier alpha value is -2.74. The number of unbranched alkanes of at least 4 members (excludes halogenated alkanes) is 1. The first-order valence-electron chi connectivity index (χ1n) is 9.68. The third kappa shape index (κ3) is 8.73. The highest BCUT2D eigenvalue weighted by Crippen LogP contribution is 2.30. The van der Waals surface area contributed by atoms with Crippen LogP contribution < -0.4 is 14.8 Å². The van der Waals surface area contributed by atoms with Crippen LogP contribution in [-0.4, -0.2) is 36.9 Å². The topological polar surface area (TPSA) is 67.8 Å². The van der Waals surface area contributed by atoms with Gasteiger partial charge in [0.05, 0.1) is 12.2 Å². The fourth-order valence-corrected chi connectivity index (χ4v) is 2.59. The maximum absolute atomic E-state index is 12.5. The summed E-state index contributed by atoms with van der Waals surface area (Å²) in [5.41, 5.74) is 0.347. The van der Waals surface area contributed by atoms with E-state index in [0.29, 0.717) is 19.4 Å². The minimum Gasteiger partial charge on any atom is -0.494 e. The molecule has 2 aromatic rings. The summed E-state index contributed by atoms with van der Waals surface area (Å²) in [6, 6.07) is 11.9. The van der Waals surface area contributed by atoms with Crippen molar-refractivity contribution < 1.29 is 32.5 Å². The molecule has 0 aliphatic heterocycles. The van der Waals surface area contributed by atoms with Gasteiger partial charge in [0.2, 0.25) is 5.91 Å². The molecule has 0 saturated heterocycles. The van der Waals surface area contributed by atoms with Gasteiger partial charge in [-0.3, -0.25) is 4.79 Å². The average Bonchev–Trinajstić information content (AvgIpc) is 2.70. The molecule has 0 radical (unpaired) electrons. The van der Waals surface area contributed by atoms with Gasteiger partial charge in [0, 0.05) is 13.0 Å². The number of aliphatic hydroxyl groups excluding tert-OH is 1. The smallest absolute Gasteiger partial charge is 0.416 e. The number of halogens is 3. The summed E-state index contributed by atoms with van der Waals surface area (Å²) in [7, 11) is 0. The number of rotatable bonds is 11. The molecule has 1 amide bonds. The standard InChI is InChI=1S/C22H26F3NO4/c1-16-5-4-6-20(13-16)29-12-3-2-7-21(28)26-14-18(27)15-30-19-10-8-17(9-11-19)22(23,24)25/h4-6,8-11,13,18,27H,2-3,7,12,14-15H2,1H3,(H,26,28). The minimum atomic E-state index is -4.41. The molecule has 0 heterocycles. The van der Waals surface area contributed by atoms with E-state index < -0.39 is 17.8 Å². The highest BCUT2D eigenvalue weighted by Gasteiger charge is 2.30. The number of hydrogen-bond donors (Lipinski definition) is 2. The van der Waals surface area contributed by atoms with E-state index in [1.54, 1.807) is 0 Å². The van der Waals surface area contributed by atoms with Crippen molar-refractivity contribution in [3.63, 3.8) is 0 Å². The van der Waals surface area contributed by atoms with E-state index in [9.17, 15) is 23.1 Å². The van der Waals surface area contributed by atoms with Crippen molar-refractivity contribution in [2.75, 3.05) is 19.8 Å². The Kier molecular flexibility index (Phi) is 8.98. The van der Waals surface area contributed by atoms with Crippen LogP contribution >= 0.6 is 0 Å². The van der Waals surface area contributed by atoms with Gasteiger partial charge in [-0.1, -0.05) is 12.1 Å². The first-order valence-corrected chi connectivity index (χ1v) is 9.68. The van der Waals surface area contributed by atoms with E-state index in [4.69, 9.17) is 9.47 Å². The highest BCUT2D eigenvalue weighted by atomic mass is 19.4. The van der Waals surface area contributed by atoms with Gasteiger partial charge < -0.3 is 19.9 Å². The summed E-state index contributed by atoms with van der Waals surface area (Å²) in [5.74, 6) is 0.816. The van der Waals surface area contributed by atoms with Crippen LogP contribution in [0.1, 0.15) is 30.4 Å². The minimum absolute atomic E-state index is 0.000734.